The molecule has 1 heterocycles. The van der Waals surface area contributed by atoms with Gasteiger partial charge in [-0.15, -0.1) is 0 Å². The third-order valence-corrected chi connectivity index (χ3v) is 1.54. The van der Waals surface area contributed by atoms with Gasteiger partial charge in [0.2, 0.25) is 0 Å². The largest absolute Gasteiger partial charge is 0.438 e. The van der Waals surface area contributed by atoms with Crippen molar-refractivity contribution in [2.75, 3.05) is 13.9 Å². The standard InChI is InChI=1S/C7H12O4/c1-5-6(11-5)3-7(8)10-4-9-2/h5-6H,3-4H2,1-2H3. The molecule has 0 aliphatic carbocycles. The summed E-state index contributed by atoms with van der Waals surface area (Å²) in [5.41, 5.74) is 0. The molecule has 0 saturated carbocycles. The first-order chi connectivity index (χ1) is 5.24. The highest BCUT2D eigenvalue weighted by Gasteiger charge is 2.36. The van der Waals surface area contributed by atoms with Gasteiger partial charge in [-0.1, -0.05) is 0 Å². The van der Waals surface area contributed by atoms with E-state index in [4.69, 9.17) is 4.74 Å². The predicted octanol–water partition coefficient (Wildman–Crippen LogP) is 0.311. The lowest BCUT2D eigenvalue weighted by Gasteiger charge is -1.99. The van der Waals surface area contributed by atoms with Crippen molar-refractivity contribution in [2.24, 2.45) is 0 Å². The number of ether oxygens (including phenoxy) is 3. The molecule has 4 heteroatoms. The van der Waals surface area contributed by atoms with Crippen molar-refractivity contribution < 1.29 is 19.0 Å². The number of hydrogen-bond acceptors (Lipinski definition) is 4. The molecule has 0 amide bonds. The molecule has 11 heavy (non-hydrogen) atoms. The molecular formula is C7H12O4. The molecule has 0 spiro atoms. The van der Waals surface area contributed by atoms with Crippen LogP contribution in [0.2, 0.25) is 0 Å². The third kappa shape index (κ3) is 2.86. The topological polar surface area (TPSA) is 48.1 Å². The van der Waals surface area contributed by atoms with Gasteiger partial charge in [0.25, 0.3) is 0 Å². The maximum absolute atomic E-state index is 10.8. The van der Waals surface area contributed by atoms with Crippen LogP contribution < -0.4 is 0 Å². The van der Waals surface area contributed by atoms with Gasteiger partial charge in [-0.3, -0.25) is 4.79 Å². The first kappa shape index (κ1) is 8.49. The van der Waals surface area contributed by atoms with Crippen molar-refractivity contribution in [1.29, 1.82) is 0 Å². The van der Waals surface area contributed by atoms with Crippen molar-refractivity contribution in [1.82, 2.24) is 0 Å². The van der Waals surface area contributed by atoms with Gasteiger partial charge >= 0.3 is 5.97 Å². The van der Waals surface area contributed by atoms with Gasteiger partial charge in [0.1, 0.15) is 0 Å². The van der Waals surface area contributed by atoms with E-state index in [0.717, 1.165) is 0 Å². The fraction of sp³-hybridized carbons (Fsp3) is 0.857. The van der Waals surface area contributed by atoms with Crippen LogP contribution in [0.4, 0.5) is 0 Å². The van der Waals surface area contributed by atoms with Crippen molar-refractivity contribution in [2.45, 2.75) is 25.6 Å². The molecule has 1 saturated heterocycles. The lowest BCUT2D eigenvalue weighted by Crippen LogP contribution is -2.10. The summed E-state index contributed by atoms with van der Waals surface area (Å²) in [5.74, 6) is -0.263. The van der Waals surface area contributed by atoms with Gasteiger partial charge in [-0.25, -0.2) is 0 Å². The molecule has 0 radical (unpaired) electrons. The Morgan fingerprint density at radius 1 is 1.64 bits per heavy atom. The monoisotopic (exact) mass is 160 g/mol. The molecule has 4 nitrogen and oxygen atoms in total. The van der Waals surface area contributed by atoms with E-state index in [9.17, 15) is 4.79 Å². The highest BCUT2D eigenvalue weighted by Crippen LogP contribution is 2.24. The average Bonchev–Trinajstić information content (AvgIpc) is 2.62. The Hall–Kier alpha value is -0.610. The summed E-state index contributed by atoms with van der Waals surface area (Å²) in [5, 5.41) is 0. The zero-order chi connectivity index (χ0) is 8.27. The van der Waals surface area contributed by atoms with Crippen LogP contribution in [-0.4, -0.2) is 32.1 Å². The summed E-state index contributed by atoms with van der Waals surface area (Å²) in [6, 6.07) is 0. The van der Waals surface area contributed by atoms with E-state index < -0.39 is 0 Å². The molecule has 1 aliphatic rings. The molecule has 1 aliphatic heterocycles. The first-order valence-corrected chi connectivity index (χ1v) is 3.54. The van der Waals surface area contributed by atoms with Crippen molar-refractivity contribution >= 4 is 5.97 Å². The fourth-order valence-corrected chi connectivity index (χ4v) is 0.792. The van der Waals surface area contributed by atoms with Crippen LogP contribution in [0.15, 0.2) is 0 Å². The Bertz CT molecular complexity index is 145. The SMILES string of the molecule is COCOC(=O)CC1OC1C. The summed E-state index contributed by atoms with van der Waals surface area (Å²) < 4.78 is 14.2. The second-order valence-electron chi connectivity index (χ2n) is 2.51. The maximum Gasteiger partial charge on any atom is 0.310 e. The number of rotatable bonds is 4. The van der Waals surface area contributed by atoms with E-state index in [1.54, 1.807) is 0 Å². The van der Waals surface area contributed by atoms with E-state index in [-0.39, 0.29) is 25.0 Å². The quantitative estimate of drug-likeness (QED) is 0.337. The Labute approximate surface area is 65.4 Å². The Morgan fingerprint density at radius 3 is 2.73 bits per heavy atom. The summed E-state index contributed by atoms with van der Waals surface area (Å²) >= 11 is 0. The number of carbonyl (C=O) groups excluding carboxylic acids is 1. The van der Waals surface area contributed by atoms with Crippen LogP contribution in [0, 0.1) is 0 Å². The van der Waals surface area contributed by atoms with Gasteiger partial charge in [0.15, 0.2) is 6.79 Å². The highest BCUT2D eigenvalue weighted by molar-refractivity contribution is 5.70. The smallest absolute Gasteiger partial charge is 0.310 e. The summed E-state index contributed by atoms with van der Waals surface area (Å²) in [6.45, 7) is 1.95. The average molecular weight is 160 g/mol. The van der Waals surface area contributed by atoms with Gasteiger partial charge < -0.3 is 14.2 Å². The van der Waals surface area contributed by atoms with Gasteiger partial charge in [0, 0.05) is 7.11 Å². The zero-order valence-corrected chi connectivity index (χ0v) is 6.70. The summed E-state index contributed by atoms with van der Waals surface area (Å²) in [7, 11) is 1.48. The number of esters is 1. The second kappa shape index (κ2) is 3.69. The molecule has 2 atom stereocenters. The van der Waals surface area contributed by atoms with Crippen LogP contribution in [-0.2, 0) is 19.0 Å². The Kier molecular flexibility index (Phi) is 2.84. The van der Waals surface area contributed by atoms with E-state index >= 15 is 0 Å². The molecule has 64 valence electrons. The van der Waals surface area contributed by atoms with Crippen LogP contribution in [0.25, 0.3) is 0 Å². The van der Waals surface area contributed by atoms with E-state index in [0.29, 0.717) is 6.42 Å². The molecule has 1 fully saturated rings. The van der Waals surface area contributed by atoms with Crippen molar-refractivity contribution in [3.63, 3.8) is 0 Å². The van der Waals surface area contributed by atoms with E-state index in [1.807, 2.05) is 6.92 Å². The second-order valence-corrected chi connectivity index (χ2v) is 2.51. The lowest BCUT2D eigenvalue weighted by molar-refractivity contribution is -0.154. The third-order valence-electron chi connectivity index (χ3n) is 1.54. The predicted molar refractivity (Wildman–Crippen MR) is 36.9 cm³/mol. The number of hydrogen-bond donors (Lipinski definition) is 0. The van der Waals surface area contributed by atoms with E-state index in [1.165, 1.54) is 7.11 Å². The maximum atomic E-state index is 10.8. The molecule has 0 aromatic rings. The first-order valence-electron chi connectivity index (χ1n) is 3.54. The van der Waals surface area contributed by atoms with Crippen LogP contribution in [0.3, 0.4) is 0 Å². The van der Waals surface area contributed by atoms with Crippen molar-refractivity contribution in [3.05, 3.63) is 0 Å². The molecule has 0 aromatic carbocycles. The number of epoxide rings is 1. The Morgan fingerprint density at radius 2 is 2.27 bits per heavy atom. The molecule has 1 rings (SSSR count). The Balaban J connectivity index is 2.02. The minimum Gasteiger partial charge on any atom is -0.438 e. The molecule has 2 unspecified atom stereocenters. The number of methoxy groups -OCH3 is 1. The minimum atomic E-state index is -0.263. The zero-order valence-electron chi connectivity index (χ0n) is 6.70. The van der Waals surface area contributed by atoms with Crippen LogP contribution in [0.1, 0.15) is 13.3 Å². The van der Waals surface area contributed by atoms with E-state index in [2.05, 4.69) is 9.47 Å². The molecule has 0 bridgehead atoms. The summed E-state index contributed by atoms with van der Waals surface area (Å²) in [6.07, 6.45) is 0.620. The normalized spacial score (nSPS) is 28.2. The number of carbonyl (C=O) groups is 1. The van der Waals surface area contributed by atoms with Crippen molar-refractivity contribution in [3.8, 4) is 0 Å². The van der Waals surface area contributed by atoms with Crippen LogP contribution >= 0.6 is 0 Å². The molecular weight excluding hydrogens is 148 g/mol. The molecule has 0 aromatic heterocycles. The summed E-state index contributed by atoms with van der Waals surface area (Å²) in [4.78, 5) is 10.8. The lowest BCUT2D eigenvalue weighted by atomic mass is 10.2. The van der Waals surface area contributed by atoms with Gasteiger partial charge in [0.05, 0.1) is 18.6 Å². The van der Waals surface area contributed by atoms with Gasteiger partial charge in [-0.05, 0) is 6.92 Å². The fourth-order valence-electron chi connectivity index (χ4n) is 0.792. The minimum absolute atomic E-state index is 0.0277. The molecule has 0 N–H and O–H groups in total. The van der Waals surface area contributed by atoms with Gasteiger partial charge in [-0.2, -0.15) is 0 Å². The highest BCUT2D eigenvalue weighted by atomic mass is 16.7. The van der Waals surface area contributed by atoms with Crippen LogP contribution in [0.5, 0.6) is 0 Å².